The molecule has 0 bridgehead atoms. The molecule has 2 atom stereocenters. The van der Waals surface area contributed by atoms with Gasteiger partial charge in [0.15, 0.2) is 11.6 Å². The van der Waals surface area contributed by atoms with Crippen LogP contribution in [0.15, 0.2) is 36.4 Å². The fraction of sp³-hybridized carbons (Fsp3) is 0.423. The Morgan fingerprint density at radius 2 is 1.31 bits per heavy atom. The van der Waals surface area contributed by atoms with E-state index in [1.54, 1.807) is 13.8 Å². The van der Waals surface area contributed by atoms with Crippen molar-refractivity contribution in [3.05, 3.63) is 47.5 Å². The number of hydrogen-bond donors (Lipinski definition) is 0. The standard InChI is InChI=1S/C26H30N2O3.ClH/c1-16-12-22(31)13-17(2)27(16)10-5-11-28-25-8-6-20(18(3)29)14-23(25)24-15-21(19(4)30)7-9-26(24)28;/h6-9,14-17H,5,10-13H2,1-4H3;1H/t16-,17+;. The summed E-state index contributed by atoms with van der Waals surface area (Å²) in [4.78, 5) is 38.2. The number of aryl methyl sites for hydroxylation is 1. The van der Waals surface area contributed by atoms with Crippen molar-refractivity contribution >= 4 is 51.6 Å². The van der Waals surface area contributed by atoms with Gasteiger partial charge in [-0.2, -0.15) is 0 Å². The van der Waals surface area contributed by atoms with Crippen molar-refractivity contribution < 1.29 is 14.4 Å². The van der Waals surface area contributed by atoms with Crippen molar-refractivity contribution in [2.24, 2.45) is 0 Å². The van der Waals surface area contributed by atoms with Gasteiger partial charge >= 0.3 is 0 Å². The maximum absolute atomic E-state index is 11.9. The lowest BCUT2D eigenvalue weighted by atomic mass is 9.96. The van der Waals surface area contributed by atoms with E-state index in [0.29, 0.717) is 29.8 Å². The van der Waals surface area contributed by atoms with Gasteiger partial charge in [0.2, 0.25) is 0 Å². The number of ketones is 3. The summed E-state index contributed by atoms with van der Waals surface area (Å²) in [6.45, 7) is 9.21. The van der Waals surface area contributed by atoms with Crippen LogP contribution in [0, 0.1) is 0 Å². The van der Waals surface area contributed by atoms with Gasteiger partial charge < -0.3 is 4.57 Å². The van der Waals surface area contributed by atoms with Crippen LogP contribution in [0.5, 0.6) is 0 Å². The molecule has 1 fully saturated rings. The van der Waals surface area contributed by atoms with Gasteiger partial charge in [0.1, 0.15) is 5.78 Å². The summed E-state index contributed by atoms with van der Waals surface area (Å²) in [5, 5.41) is 2.02. The number of benzene rings is 2. The molecule has 0 radical (unpaired) electrons. The normalized spacial score (nSPS) is 19.3. The average molecular weight is 455 g/mol. The minimum atomic E-state index is 0. The van der Waals surface area contributed by atoms with Gasteiger partial charge in [-0.05, 0) is 70.5 Å². The molecule has 4 rings (SSSR count). The number of rotatable bonds is 6. The van der Waals surface area contributed by atoms with Gasteiger partial charge in [0.05, 0.1) is 0 Å². The van der Waals surface area contributed by atoms with E-state index in [1.165, 1.54) is 0 Å². The molecule has 32 heavy (non-hydrogen) atoms. The molecule has 1 saturated heterocycles. The molecule has 0 N–H and O–H groups in total. The number of aromatic nitrogens is 1. The van der Waals surface area contributed by atoms with Crippen LogP contribution in [0.2, 0.25) is 0 Å². The van der Waals surface area contributed by atoms with E-state index in [2.05, 4.69) is 23.3 Å². The predicted molar refractivity (Wildman–Crippen MR) is 131 cm³/mol. The van der Waals surface area contributed by atoms with Gasteiger partial charge in [-0.15, -0.1) is 12.4 Å². The van der Waals surface area contributed by atoms with Gasteiger partial charge in [-0.25, -0.2) is 0 Å². The lowest BCUT2D eigenvalue weighted by molar-refractivity contribution is -0.124. The first kappa shape index (κ1) is 24.1. The minimum absolute atomic E-state index is 0. The van der Waals surface area contributed by atoms with E-state index >= 15 is 0 Å². The lowest BCUT2D eigenvalue weighted by Gasteiger charge is -2.38. The Balaban J connectivity index is 0.00000289. The fourth-order valence-electron chi connectivity index (χ4n) is 5.05. The minimum Gasteiger partial charge on any atom is -0.340 e. The molecule has 170 valence electrons. The average Bonchev–Trinajstić information content (AvgIpc) is 3.02. The third-order valence-electron chi connectivity index (χ3n) is 6.65. The maximum atomic E-state index is 11.9. The molecule has 2 heterocycles. The number of fused-ring (bicyclic) bond motifs is 3. The summed E-state index contributed by atoms with van der Waals surface area (Å²) in [7, 11) is 0. The van der Waals surface area contributed by atoms with E-state index in [9.17, 15) is 14.4 Å². The first-order valence-corrected chi connectivity index (χ1v) is 11.1. The molecule has 0 aliphatic carbocycles. The highest BCUT2D eigenvalue weighted by atomic mass is 35.5. The van der Waals surface area contributed by atoms with Crippen molar-refractivity contribution in [3.63, 3.8) is 0 Å². The quantitative estimate of drug-likeness (QED) is 0.464. The summed E-state index contributed by atoms with van der Waals surface area (Å²) in [5.41, 5.74) is 3.52. The highest BCUT2D eigenvalue weighted by Gasteiger charge is 2.28. The molecular formula is C26H31ClN2O3. The van der Waals surface area contributed by atoms with E-state index in [4.69, 9.17) is 0 Å². The molecule has 6 heteroatoms. The van der Waals surface area contributed by atoms with E-state index in [0.717, 1.165) is 41.3 Å². The van der Waals surface area contributed by atoms with Crippen molar-refractivity contribution in [3.8, 4) is 0 Å². The van der Waals surface area contributed by atoms with Crippen LogP contribution in [0.3, 0.4) is 0 Å². The van der Waals surface area contributed by atoms with E-state index < -0.39 is 0 Å². The Labute approximate surface area is 195 Å². The molecule has 1 aliphatic heterocycles. The van der Waals surface area contributed by atoms with Crippen molar-refractivity contribution in [2.45, 2.75) is 65.6 Å². The van der Waals surface area contributed by atoms with Crippen molar-refractivity contribution in [2.75, 3.05) is 6.54 Å². The van der Waals surface area contributed by atoms with Gasteiger partial charge in [-0.3, -0.25) is 19.3 Å². The number of likely N-dealkylation sites (tertiary alicyclic amines) is 1. The zero-order valence-electron chi connectivity index (χ0n) is 19.2. The monoisotopic (exact) mass is 454 g/mol. The molecule has 0 saturated carbocycles. The molecular weight excluding hydrogens is 424 g/mol. The molecule has 2 aromatic carbocycles. The van der Waals surface area contributed by atoms with Gasteiger partial charge in [0, 0.05) is 70.9 Å². The second-order valence-corrected chi connectivity index (χ2v) is 8.96. The second-order valence-electron chi connectivity index (χ2n) is 8.96. The number of carbonyl (C=O) groups is 3. The molecule has 1 aliphatic rings. The Hall–Kier alpha value is -2.50. The van der Waals surface area contributed by atoms with Crippen LogP contribution < -0.4 is 0 Å². The van der Waals surface area contributed by atoms with Crippen molar-refractivity contribution in [1.29, 1.82) is 0 Å². The first-order chi connectivity index (χ1) is 14.8. The summed E-state index contributed by atoms with van der Waals surface area (Å²) in [6, 6.07) is 12.3. The fourth-order valence-corrected chi connectivity index (χ4v) is 5.05. The van der Waals surface area contributed by atoms with Gasteiger partial charge in [0.25, 0.3) is 0 Å². The molecule has 1 aromatic heterocycles. The van der Waals surface area contributed by atoms with E-state index in [1.807, 2.05) is 36.4 Å². The van der Waals surface area contributed by atoms with Crippen LogP contribution in [0.25, 0.3) is 21.8 Å². The van der Waals surface area contributed by atoms with Crippen LogP contribution in [-0.4, -0.2) is 45.4 Å². The summed E-state index contributed by atoms with van der Waals surface area (Å²) >= 11 is 0. The number of halogens is 1. The maximum Gasteiger partial charge on any atom is 0.159 e. The Morgan fingerprint density at radius 1 is 0.844 bits per heavy atom. The Kier molecular flexibility index (Phi) is 7.21. The summed E-state index contributed by atoms with van der Waals surface area (Å²) in [6.07, 6.45) is 2.24. The molecule has 5 nitrogen and oxygen atoms in total. The number of carbonyl (C=O) groups excluding carboxylic acids is 3. The van der Waals surface area contributed by atoms with Gasteiger partial charge in [-0.1, -0.05) is 0 Å². The van der Waals surface area contributed by atoms with Crippen molar-refractivity contribution in [1.82, 2.24) is 9.47 Å². The molecule has 0 amide bonds. The Morgan fingerprint density at radius 3 is 1.75 bits per heavy atom. The number of Topliss-reactive ketones (excluding diaryl/α,β-unsaturated/α-hetero) is 3. The highest BCUT2D eigenvalue weighted by Crippen LogP contribution is 2.31. The summed E-state index contributed by atoms with van der Waals surface area (Å²) in [5.74, 6) is 0.433. The smallest absolute Gasteiger partial charge is 0.159 e. The number of nitrogens with zero attached hydrogens (tertiary/aromatic N) is 2. The topological polar surface area (TPSA) is 59.4 Å². The van der Waals surface area contributed by atoms with Crippen LogP contribution >= 0.6 is 12.4 Å². The zero-order chi connectivity index (χ0) is 22.3. The number of hydrogen-bond acceptors (Lipinski definition) is 4. The summed E-state index contributed by atoms with van der Waals surface area (Å²) < 4.78 is 2.29. The first-order valence-electron chi connectivity index (χ1n) is 11.1. The lowest BCUT2D eigenvalue weighted by Crippen LogP contribution is -2.47. The highest BCUT2D eigenvalue weighted by molar-refractivity contribution is 6.12. The Bertz CT molecular complexity index is 1110. The SMILES string of the molecule is CC(=O)c1ccc2c(c1)c1cc(C(C)=O)ccc1n2CCCN1[C@H](C)CC(=O)C[C@@H]1C.Cl. The van der Waals surface area contributed by atoms with Crippen LogP contribution in [0.1, 0.15) is 67.7 Å². The van der Waals surface area contributed by atoms with Crippen LogP contribution in [0.4, 0.5) is 0 Å². The molecule has 0 unspecified atom stereocenters. The number of piperidine rings is 1. The molecule has 0 spiro atoms. The largest absolute Gasteiger partial charge is 0.340 e. The third-order valence-corrected chi connectivity index (χ3v) is 6.65. The molecule has 3 aromatic rings. The zero-order valence-corrected chi connectivity index (χ0v) is 20.0. The third kappa shape index (κ3) is 4.50. The van der Waals surface area contributed by atoms with E-state index in [-0.39, 0.29) is 36.1 Å². The predicted octanol–water partition coefficient (Wildman–Crippen LogP) is 5.45. The second kappa shape index (κ2) is 9.55. The van der Waals surface area contributed by atoms with Crippen LogP contribution in [-0.2, 0) is 11.3 Å².